The van der Waals surface area contributed by atoms with Crippen LogP contribution in [0.15, 0.2) is 57.2 Å². The third-order valence-corrected chi connectivity index (χ3v) is 6.21. The molecule has 134 valence electrons. The van der Waals surface area contributed by atoms with Crippen LogP contribution in [0.1, 0.15) is 18.4 Å². The largest absolute Gasteiger partial charge is 0.316 e. The van der Waals surface area contributed by atoms with Crippen LogP contribution >= 0.6 is 0 Å². The van der Waals surface area contributed by atoms with Crippen LogP contribution in [0.4, 0.5) is 0 Å². The second-order valence-electron chi connectivity index (χ2n) is 6.26. The van der Waals surface area contributed by atoms with E-state index in [2.05, 4.69) is 15.0 Å². The lowest BCUT2D eigenvalue weighted by Gasteiger charge is -2.22. The van der Waals surface area contributed by atoms with Crippen LogP contribution in [-0.2, 0) is 16.6 Å². The van der Waals surface area contributed by atoms with E-state index in [1.165, 1.54) is 22.5 Å². The number of nitrogens with zero attached hydrogens (tertiary/aromatic N) is 2. The fourth-order valence-corrected chi connectivity index (χ4v) is 4.53. The summed E-state index contributed by atoms with van der Waals surface area (Å²) in [4.78, 5) is 31.9. The normalized spacial score (nSPS) is 14.8. The minimum absolute atomic E-state index is 0.0365. The van der Waals surface area contributed by atoms with Crippen molar-refractivity contribution >= 4 is 21.1 Å². The number of rotatable bonds is 5. The minimum atomic E-state index is -3.76. The highest BCUT2D eigenvalue weighted by Gasteiger charge is 2.38. The Hall–Kier alpha value is -2.78. The van der Waals surface area contributed by atoms with E-state index in [4.69, 9.17) is 0 Å². The number of aromatic nitrogens is 3. The van der Waals surface area contributed by atoms with Crippen molar-refractivity contribution in [3.05, 3.63) is 69.0 Å². The van der Waals surface area contributed by atoms with Crippen molar-refractivity contribution in [1.29, 1.82) is 0 Å². The molecule has 0 amide bonds. The number of nitrogens with one attached hydrogen (secondary N) is 2. The molecule has 0 atom stereocenters. The van der Waals surface area contributed by atoms with Crippen molar-refractivity contribution in [3.63, 3.8) is 0 Å². The summed E-state index contributed by atoms with van der Waals surface area (Å²) in [5, 5.41) is 0. The van der Waals surface area contributed by atoms with Crippen LogP contribution < -0.4 is 11.1 Å². The molecule has 8 nitrogen and oxygen atoms in total. The molecule has 2 N–H and O–H groups in total. The molecule has 0 bridgehead atoms. The number of benzene rings is 1. The first kappa shape index (κ1) is 16.7. The van der Waals surface area contributed by atoms with Gasteiger partial charge in [-0.1, -0.05) is 6.07 Å². The van der Waals surface area contributed by atoms with Gasteiger partial charge < -0.3 is 9.97 Å². The second kappa shape index (κ2) is 6.19. The third-order valence-electron chi connectivity index (χ3n) is 4.32. The Morgan fingerprint density at radius 1 is 1.08 bits per heavy atom. The van der Waals surface area contributed by atoms with Gasteiger partial charge in [0.2, 0.25) is 10.0 Å². The van der Waals surface area contributed by atoms with E-state index < -0.39 is 21.1 Å². The Kier molecular flexibility index (Phi) is 3.97. The smallest absolute Gasteiger partial charge is 0.314 e. The lowest BCUT2D eigenvalue weighted by atomic mass is 10.3. The van der Waals surface area contributed by atoms with Crippen LogP contribution in [0, 0.1) is 0 Å². The maximum absolute atomic E-state index is 13.2. The SMILES string of the molecule is O=c1[nH]c2ccc(S(=O)(=O)N(Cc3cccnc3)C3CC3)cc2[nH]c1=O. The maximum atomic E-state index is 13.2. The number of fused-ring (bicyclic) bond motifs is 1. The standard InChI is InChI=1S/C17H16N4O4S/c22-16-17(23)20-15-8-13(5-6-14(15)19-16)26(24,25)21(12-3-4-12)10-11-2-1-7-18-9-11/h1-2,5-9,12H,3-4,10H2,(H,19,22)(H,20,23). The molecule has 1 fully saturated rings. The van der Waals surface area contributed by atoms with Crippen molar-refractivity contribution in [3.8, 4) is 0 Å². The van der Waals surface area contributed by atoms with Crippen LogP contribution in [-0.4, -0.2) is 33.7 Å². The van der Waals surface area contributed by atoms with Gasteiger partial charge in [0.1, 0.15) is 0 Å². The molecule has 0 unspecified atom stereocenters. The minimum Gasteiger partial charge on any atom is -0.316 e. The molecular weight excluding hydrogens is 356 g/mol. The molecule has 9 heteroatoms. The number of hydrogen-bond acceptors (Lipinski definition) is 5. The van der Waals surface area contributed by atoms with Crippen molar-refractivity contribution in [2.24, 2.45) is 0 Å². The van der Waals surface area contributed by atoms with E-state index in [0.717, 1.165) is 18.4 Å². The summed E-state index contributed by atoms with van der Waals surface area (Å²) in [5.41, 5.74) is -0.140. The van der Waals surface area contributed by atoms with Gasteiger partial charge in [-0.2, -0.15) is 4.31 Å². The van der Waals surface area contributed by atoms with Gasteiger partial charge in [0, 0.05) is 25.0 Å². The van der Waals surface area contributed by atoms with Gasteiger partial charge >= 0.3 is 11.1 Å². The topological polar surface area (TPSA) is 116 Å². The van der Waals surface area contributed by atoms with Crippen LogP contribution in [0.2, 0.25) is 0 Å². The van der Waals surface area contributed by atoms with Crippen LogP contribution in [0.5, 0.6) is 0 Å². The van der Waals surface area contributed by atoms with Crippen LogP contribution in [0.3, 0.4) is 0 Å². The summed E-state index contributed by atoms with van der Waals surface area (Å²) in [6, 6.07) is 7.86. The van der Waals surface area contributed by atoms with Crippen molar-refractivity contribution in [1.82, 2.24) is 19.3 Å². The maximum Gasteiger partial charge on any atom is 0.314 e. The number of pyridine rings is 1. The lowest BCUT2D eigenvalue weighted by molar-refractivity contribution is 0.398. The summed E-state index contributed by atoms with van der Waals surface area (Å²) < 4.78 is 27.8. The zero-order valence-corrected chi connectivity index (χ0v) is 14.5. The molecular formula is C17H16N4O4S. The van der Waals surface area contributed by atoms with Crippen LogP contribution in [0.25, 0.3) is 11.0 Å². The number of aromatic amines is 2. The number of sulfonamides is 1. The summed E-state index contributed by atoms with van der Waals surface area (Å²) in [6.45, 7) is 0.237. The molecule has 2 heterocycles. The molecule has 1 aliphatic rings. The highest BCUT2D eigenvalue weighted by molar-refractivity contribution is 7.89. The molecule has 0 aliphatic heterocycles. The number of hydrogen-bond donors (Lipinski definition) is 2. The first-order chi connectivity index (χ1) is 12.4. The first-order valence-electron chi connectivity index (χ1n) is 8.12. The average Bonchev–Trinajstić information content (AvgIpc) is 3.46. The van der Waals surface area contributed by atoms with E-state index >= 15 is 0 Å². The quantitative estimate of drug-likeness (QED) is 0.647. The van der Waals surface area contributed by atoms with E-state index in [9.17, 15) is 18.0 Å². The van der Waals surface area contributed by atoms with E-state index in [1.807, 2.05) is 6.07 Å². The highest BCUT2D eigenvalue weighted by Crippen LogP contribution is 2.33. The molecule has 4 rings (SSSR count). The Morgan fingerprint density at radius 2 is 1.81 bits per heavy atom. The van der Waals surface area contributed by atoms with Crippen molar-refractivity contribution < 1.29 is 8.42 Å². The predicted molar refractivity (Wildman–Crippen MR) is 95.2 cm³/mol. The number of H-pyrrole nitrogens is 2. The summed E-state index contributed by atoms with van der Waals surface area (Å²) in [5.74, 6) is 0. The fraction of sp³-hybridized carbons (Fsp3) is 0.235. The third kappa shape index (κ3) is 3.06. The summed E-state index contributed by atoms with van der Waals surface area (Å²) in [7, 11) is -3.76. The molecule has 26 heavy (non-hydrogen) atoms. The average molecular weight is 372 g/mol. The molecule has 1 aliphatic carbocycles. The Labute approximate surface area is 148 Å². The van der Waals surface area contributed by atoms with Gasteiger partial charge in [-0.15, -0.1) is 0 Å². The highest BCUT2D eigenvalue weighted by atomic mass is 32.2. The molecule has 1 saturated carbocycles. The van der Waals surface area contributed by atoms with E-state index in [0.29, 0.717) is 5.52 Å². The summed E-state index contributed by atoms with van der Waals surface area (Å²) >= 11 is 0. The zero-order valence-electron chi connectivity index (χ0n) is 13.7. The van der Waals surface area contributed by atoms with Crippen molar-refractivity contribution in [2.75, 3.05) is 0 Å². The molecule has 0 saturated heterocycles. The molecule has 2 aromatic heterocycles. The van der Waals surface area contributed by atoms with Gasteiger partial charge in [0.05, 0.1) is 15.9 Å². The van der Waals surface area contributed by atoms with Gasteiger partial charge in [-0.3, -0.25) is 14.6 Å². The van der Waals surface area contributed by atoms with E-state index in [-0.39, 0.29) is 23.0 Å². The molecule has 0 spiro atoms. The first-order valence-corrected chi connectivity index (χ1v) is 9.56. The second-order valence-corrected chi connectivity index (χ2v) is 8.15. The van der Waals surface area contributed by atoms with E-state index in [1.54, 1.807) is 18.5 Å². The molecule has 1 aromatic carbocycles. The Bertz CT molecular complexity index is 1180. The van der Waals surface area contributed by atoms with Gasteiger partial charge in [0.15, 0.2) is 0 Å². The molecule has 0 radical (unpaired) electrons. The zero-order chi connectivity index (χ0) is 18.3. The lowest BCUT2D eigenvalue weighted by Crippen LogP contribution is -2.33. The van der Waals surface area contributed by atoms with Gasteiger partial charge in [0.25, 0.3) is 0 Å². The Balaban J connectivity index is 1.76. The van der Waals surface area contributed by atoms with Gasteiger partial charge in [-0.25, -0.2) is 8.42 Å². The fourth-order valence-electron chi connectivity index (χ4n) is 2.83. The van der Waals surface area contributed by atoms with Crippen molar-refractivity contribution in [2.45, 2.75) is 30.3 Å². The monoisotopic (exact) mass is 372 g/mol. The molecule has 3 aromatic rings. The summed E-state index contributed by atoms with van der Waals surface area (Å²) in [6.07, 6.45) is 4.92. The Morgan fingerprint density at radius 3 is 2.46 bits per heavy atom. The predicted octanol–water partition coefficient (Wildman–Crippen LogP) is 0.965. The van der Waals surface area contributed by atoms with Gasteiger partial charge in [-0.05, 0) is 42.7 Å².